The molecule has 0 atom stereocenters. The maximum atomic E-state index is 12.7. The Labute approximate surface area is 160 Å². The van der Waals surface area contributed by atoms with Gasteiger partial charge in [0.2, 0.25) is 15.9 Å². The van der Waals surface area contributed by atoms with Gasteiger partial charge in [-0.3, -0.25) is 4.79 Å². The molecule has 0 bridgehead atoms. The van der Waals surface area contributed by atoms with Gasteiger partial charge in [0.15, 0.2) is 0 Å². The lowest BCUT2D eigenvalue weighted by Gasteiger charge is -2.18. The second-order valence-corrected chi connectivity index (χ2v) is 8.58. The van der Waals surface area contributed by atoms with Crippen molar-refractivity contribution in [2.24, 2.45) is 0 Å². The molecule has 1 heterocycles. The third-order valence-electron chi connectivity index (χ3n) is 4.67. The van der Waals surface area contributed by atoms with Crippen LogP contribution in [0.4, 0.5) is 11.4 Å². The van der Waals surface area contributed by atoms with Crippen LogP contribution >= 0.6 is 0 Å². The summed E-state index contributed by atoms with van der Waals surface area (Å²) in [7, 11) is -3.68. The molecule has 2 aromatic rings. The number of rotatable bonds is 6. The summed E-state index contributed by atoms with van der Waals surface area (Å²) < 4.78 is 28.1. The van der Waals surface area contributed by atoms with Crippen molar-refractivity contribution < 1.29 is 13.2 Å². The molecule has 0 spiro atoms. The van der Waals surface area contributed by atoms with Crippen molar-refractivity contribution in [3.63, 3.8) is 0 Å². The Morgan fingerprint density at radius 1 is 1.07 bits per heavy atom. The fraction of sp³-hybridized carbons (Fsp3) is 0.350. The van der Waals surface area contributed by atoms with Crippen molar-refractivity contribution in [1.82, 2.24) is 4.72 Å². The smallest absolute Gasteiger partial charge is 0.241 e. The summed E-state index contributed by atoms with van der Waals surface area (Å²) >= 11 is 0. The van der Waals surface area contributed by atoms with Gasteiger partial charge >= 0.3 is 0 Å². The Morgan fingerprint density at radius 3 is 2.37 bits per heavy atom. The Bertz CT molecular complexity index is 918. The molecule has 6 nitrogen and oxygen atoms in total. The van der Waals surface area contributed by atoms with Crippen molar-refractivity contribution >= 4 is 27.3 Å². The summed E-state index contributed by atoms with van der Waals surface area (Å²) in [4.78, 5) is 13.7. The first-order valence-electron chi connectivity index (χ1n) is 9.07. The minimum atomic E-state index is -3.68. The monoisotopic (exact) mass is 387 g/mol. The van der Waals surface area contributed by atoms with Crippen molar-refractivity contribution in [1.29, 1.82) is 0 Å². The molecule has 1 saturated heterocycles. The molecule has 0 unspecified atom stereocenters. The summed E-state index contributed by atoms with van der Waals surface area (Å²) in [5, 5.41) is 2.62. The van der Waals surface area contributed by atoms with Crippen LogP contribution in [0.1, 0.15) is 30.9 Å². The van der Waals surface area contributed by atoms with E-state index in [0.29, 0.717) is 11.3 Å². The zero-order valence-corrected chi connectivity index (χ0v) is 16.5. The lowest BCUT2D eigenvalue weighted by molar-refractivity contribution is -0.114. The van der Waals surface area contributed by atoms with E-state index < -0.39 is 10.0 Å². The first kappa shape index (κ1) is 19.4. The van der Waals surface area contributed by atoms with Crippen molar-refractivity contribution in [2.45, 2.75) is 38.1 Å². The summed E-state index contributed by atoms with van der Waals surface area (Å²) in [6.45, 7) is 5.49. The predicted octanol–water partition coefficient (Wildman–Crippen LogP) is 3.03. The van der Waals surface area contributed by atoms with E-state index in [-0.39, 0.29) is 17.3 Å². The van der Waals surface area contributed by atoms with E-state index in [1.54, 1.807) is 19.1 Å². The highest BCUT2D eigenvalue weighted by molar-refractivity contribution is 7.89. The van der Waals surface area contributed by atoms with Crippen LogP contribution in [-0.4, -0.2) is 27.4 Å². The fourth-order valence-corrected chi connectivity index (χ4v) is 4.51. The highest BCUT2D eigenvalue weighted by atomic mass is 32.2. The number of hydrogen-bond acceptors (Lipinski definition) is 4. The van der Waals surface area contributed by atoms with Crippen LogP contribution in [0.15, 0.2) is 47.4 Å². The summed E-state index contributed by atoms with van der Waals surface area (Å²) in [6, 6.07) is 12.8. The molecule has 2 N–H and O–H groups in total. The highest BCUT2D eigenvalue weighted by Crippen LogP contribution is 2.22. The predicted molar refractivity (Wildman–Crippen MR) is 107 cm³/mol. The number of carbonyl (C=O) groups excluding carboxylic acids is 1. The maximum absolute atomic E-state index is 12.7. The average molecular weight is 388 g/mol. The van der Waals surface area contributed by atoms with E-state index in [1.807, 2.05) is 24.3 Å². The Hall–Kier alpha value is -2.38. The lowest BCUT2D eigenvalue weighted by atomic mass is 10.2. The van der Waals surface area contributed by atoms with E-state index in [9.17, 15) is 13.2 Å². The molecule has 1 fully saturated rings. The molecule has 0 saturated carbocycles. The SMILES string of the molecule is CC(=O)Nc1ccc(C)c(S(=O)(=O)NCc2ccc(N3CCCC3)cc2)c1. The number of nitrogens with one attached hydrogen (secondary N) is 2. The van der Waals surface area contributed by atoms with Gasteiger partial charge in [-0.05, 0) is 55.2 Å². The zero-order valence-electron chi connectivity index (χ0n) is 15.7. The highest BCUT2D eigenvalue weighted by Gasteiger charge is 2.18. The van der Waals surface area contributed by atoms with E-state index in [0.717, 1.165) is 18.7 Å². The second-order valence-electron chi connectivity index (χ2n) is 6.85. The summed E-state index contributed by atoms with van der Waals surface area (Å²) in [5.41, 5.74) is 3.17. The number of anilines is 2. The maximum Gasteiger partial charge on any atom is 0.241 e. The van der Waals surface area contributed by atoms with Gasteiger partial charge in [0.25, 0.3) is 0 Å². The number of benzene rings is 2. The van der Waals surface area contributed by atoms with Crippen molar-refractivity contribution in [3.8, 4) is 0 Å². The molecule has 3 rings (SSSR count). The van der Waals surface area contributed by atoms with Gasteiger partial charge in [-0.25, -0.2) is 13.1 Å². The minimum absolute atomic E-state index is 0.169. The first-order valence-corrected chi connectivity index (χ1v) is 10.6. The molecule has 1 amide bonds. The molecule has 27 heavy (non-hydrogen) atoms. The van der Waals surface area contributed by atoms with Crippen LogP contribution in [0.5, 0.6) is 0 Å². The zero-order chi connectivity index (χ0) is 19.4. The summed E-state index contributed by atoms with van der Waals surface area (Å²) in [5.74, 6) is -0.242. The molecular formula is C20H25N3O3S. The van der Waals surface area contributed by atoms with Gasteiger partial charge in [-0.1, -0.05) is 18.2 Å². The molecule has 0 aliphatic carbocycles. The number of sulfonamides is 1. The summed E-state index contributed by atoms with van der Waals surface area (Å²) in [6.07, 6.45) is 2.44. The van der Waals surface area contributed by atoms with Gasteiger partial charge in [0.05, 0.1) is 4.90 Å². The molecule has 2 aromatic carbocycles. The van der Waals surface area contributed by atoms with Gasteiger partial charge < -0.3 is 10.2 Å². The van der Waals surface area contributed by atoms with Crippen LogP contribution in [0.2, 0.25) is 0 Å². The number of nitrogens with zero attached hydrogens (tertiary/aromatic N) is 1. The molecule has 0 aromatic heterocycles. The molecular weight excluding hydrogens is 362 g/mol. The van der Waals surface area contributed by atoms with Crippen LogP contribution in [-0.2, 0) is 21.4 Å². The van der Waals surface area contributed by atoms with Crippen LogP contribution in [0, 0.1) is 6.92 Å². The van der Waals surface area contributed by atoms with E-state index in [1.165, 1.54) is 31.5 Å². The number of carbonyl (C=O) groups is 1. The van der Waals surface area contributed by atoms with E-state index >= 15 is 0 Å². The topological polar surface area (TPSA) is 78.5 Å². The average Bonchev–Trinajstić information content (AvgIpc) is 3.16. The molecule has 144 valence electrons. The Balaban J connectivity index is 1.70. The van der Waals surface area contributed by atoms with Crippen LogP contribution in [0.25, 0.3) is 0 Å². The van der Waals surface area contributed by atoms with Crippen LogP contribution < -0.4 is 14.9 Å². The third-order valence-corrected chi connectivity index (χ3v) is 6.22. The number of amides is 1. The molecule has 1 aliphatic rings. The van der Waals surface area contributed by atoms with Gasteiger partial charge in [-0.15, -0.1) is 0 Å². The van der Waals surface area contributed by atoms with Crippen molar-refractivity contribution in [3.05, 3.63) is 53.6 Å². The minimum Gasteiger partial charge on any atom is -0.372 e. The Morgan fingerprint density at radius 2 is 1.74 bits per heavy atom. The van der Waals surface area contributed by atoms with Gasteiger partial charge in [-0.2, -0.15) is 0 Å². The first-order chi connectivity index (χ1) is 12.8. The van der Waals surface area contributed by atoms with Gasteiger partial charge in [0, 0.05) is 37.9 Å². The standard InChI is InChI=1S/C20H25N3O3S/c1-15-5-8-18(22-16(2)24)13-20(15)27(25,26)21-14-17-6-9-19(10-7-17)23-11-3-4-12-23/h5-10,13,21H,3-4,11-12,14H2,1-2H3,(H,22,24). The normalized spacial score (nSPS) is 14.4. The van der Waals surface area contributed by atoms with Crippen molar-refractivity contribution in [2.75, 3.05) is 23.3 Å². The largest absolute Gasteiger partial charge is 0.372 e. The molecule has 1 aliphatic heterocycles. The lowest BCUT2D eigenvalue weighted by Crippen LogP contribution is -2.24. The molecule has 0 radical (unpaired) electrons. The third kappa shape index (κ3) is 4.87. The Kier molecular flexibility index (Phi) is 5.82. The number of aryl methyl sites for hydroxylation is 1. The number of hydrogen-bond donors (Lipinski definition) is 2. The van der Waals surface area contributed by atoms with E-state index in [2.05, 4.69) is 14.9 Å². The van der Waals surface area contributed by atoms with E-state index in [4.69, 9.17) is 0 Å². The quantitative estimate of drug-likeness (QED) is 0.799. The van der Waals surface area contributed by atoms with Gasteiger partial charge in [0.1, 0.15) is 0 Å². The fourth-order valence-electron chi connectivity index (χ4n) is 3.23. The second kappa shape index (κ2) is 8.10. The molecule has 7 heteroatoms. The van der Waals surface area contributed by atoms with Crippen LogP contribution in [0.3, 0.4) is 0 Å².